The van der Waals surface area contributed by atoms with Gasteiger partial charge in [0.1, 0.15) is 11.5 Å². The van der Waals surface area contributed by atoms with Crippen LogP contribution in [0.5, 0.6) is 0 Å². The maximum absolute atomic E-state index is 12.9. The molecule has 11 nitrogen and oxygen atoms in total. The third-order valence-electron chi connectivity index (χ3n) is 6.03. The SMILES string of the molecule is CNC.Cc1ccc(NC(=O)c2cc(C3CC3)cnn2)cc1-c1cc(NCCO)nc(-c2ccnc(C=O)c2)n1. The molecule has 0 radical (unpaired) electrons. The van der Waals surface area contributed by atoms with Crippen LogP contribution in [0.15, 0.2) is 54.9 Å². The zero-order valence-electron chi connectivity index (χ0n) is 22.7. The second kappa shape index (κ2) is 13.5. The van der Waals surface area contributed by atoms with Crippen LogP contribution in [0.4, 0.5) is 11.5 Å². The predicted octanol–water partition coefficient (Wildman–Crippen LogP) is 3.49. The first-order valence-corrected chi connectivity index (χ1v) is 12.9. The molecule has 0 spiro atoms. The zero-order chi connectivity index (χ0) is 28.5. The maximum Gasteiger partial charge on any atom is 0.276 e. The van der Waals surface area contributed by atoms with Crippen LogP contribution in [0.25, 0.3) is 22.6 Å². The van der Waals surface area contributed by atoms with Gasteiger partial charge in [0.25, 0.3) is 5.91 Å². The van der Waals surface area contributed by atoms with Gasteiger partial charge in [0.15, 0.2) is 17.8 Å². The number of nitrogens with zero attached hydrogens (tertiary/aromatic N) is 5. The third kappa shape index (κ3) is 7.28. The minimum absolute atomic E-state index is 0.0649. The van der Waals surface area contributed by atoms with Crippen molar-refractivity contribution >= 4 is 23.7 Å². The number of carbonyl (C=O) groups excluding carboxylic acids is 2. The Morgan fingerprint density at radius 1 is 1.10 bits per heavy atom. The molecule has 0 bridgehead atoms. The minimum atomic E-state index is -0.336. The van der Waals surface area contributed by atoms with Crippen LogP contribution in [0.3, 0.4) is 0 Å². The van der Waals surface area contributed by atoms with Gasteiger partial charge in [0, 0.05) is 35.6 Å². The lowest BCUT2D eigenvalue weighted by molar-refractivity contribution is 0.102. The molecule has 40 heavy (non-hydrogen) atoms. The summed E-state index contributed by atoms with van der Waals surface area (Å²) >= 11 is 0. The summed E-state index contributed by atoms with van der Waals surface area (Å²) in [6, 6.07) is 12.5. The summed E-state index contributed by atoms with van der Waals surface area (Å²) in [4.78, 5) is 37.4. The number of aliphatic hydroxyl groups is 1. The smallest absolute Gasteiger partial charge is 0.276 e. The van der Waals surface area contributed by atoms with E-state index in [0.717, 1.165) is 29.5 Å². The van der Waals surface area contributed by atoms with Crippen molar-refractivity contribution in [3.05, 3.63) is 77.4 Å². The lowest BCUT2D eigenvalue weighted by Crippen LogP contribution is -2.15. The average Bonchev–Trinajstić information content (AvgIpc) is 3.83. The normalized spacial score (nSPS) is 12.2. The summed E-state index contributed by atoms with van der Waals surface area (Å²) in [5.41, 5.74) is 5.13. The van der Waals surface area contributed by atoms with Gasteiger partial charge in [-0.2, -0.15) is 5.10 Å². The molecule has 4 aromatic rings. The lowest BCUT2D eigenvalue weighted by Gasteiger charge is -2.13. The van der Waals surface area contributed by atoms with Crippen LogP contribution in [0, 0.1) is 6.92 Å². The fourth-order valence-corrected chi connectivity index (χ4v) is 3.94. The van der Waals surface area contributed by atoms with E-state index in [9.17, 15) is 14.7 Å². The van der Waals surface area contributed by atoms with Crippen molar-refractivity contribution in [3.63, 3.8) is 0 Å². The molecular formula is C29H32N8O3. The van der Waals surface area contributed by atoms with Gasteiger partial charge in [-0.3, -0.25) is 14.6 Å². The number of anilines is 2. The van der Waals surface area contributed by atoms with E-state index in [0.29, 0.717) is 47.3 Å². The molecule has 0 atom stereocenters. The number of aliphatic hydroxyl groups excluding tert-OH is 1. The largest absolute Gasteiger partial charge is 0.395 e. The molecule has 1 fully saturated rings. The first-order valence-electron chi connectivity index (χ1n) is 12.9. The van der Waals surface area contributed by atoms with Gasteiger partial charge in [-0.15, -0.1) is 5.10 Å². The standard InChI is InChI=1S/C27H25N7O3.C2H7N/c1-16-2-5-20(31-27(37)24-11-19(14-30-34-24)17-3-4-17)12-22(16)23-13-25(29-8-9-35)33-26(32-23)18-6-7-28-21(10-18)15-36;1-3-2/h2,5-7,10-15,17,35H,3-4,8-9H2,1H3,(H,31,37)(H,29,32,33);3H,1-2H3. The van der Waals surface area contributed by atoms with E-state index in [2.05, 4.69) is 36.1 Å². The molecule has 1 aliphatic rings. The number of carbonyl (C=O) groups is 2. The quantitative estimate of drug-likeness (QED) is 0.232. The van der Waals surface area contributed by atoms with Crippen molar-refractivity contribution < 1.29 is 14.7 Å². The van der Waals surface area contributed by atoms with Crippen LogP contribution in [0.1, 0.15) is 50.9 Å². The van der Waals surface area contributed by atoms with Gasteiger partial charge in [-0.1, -0.05) is 6.07 Å². The number of nitrogens with one attached hydrogen (secondary N) is 3. The molecule has 1 saturated carbocycles. The summed E-state index contributed by atoms with van der Waals surface area (Å²) in [5.74, 6) is 1.04. The van der Waals surface area contributed by atoms with Crippen LogP contribution >= 0.6 is 0 Å². The molecule has 206 valence electrons. The Balaban J connectivity index is 0.00000118. The van der Waals surface area contributed by atoms with Crippen LogP contribution in [0.2, 0.25) is 0 Å². The number of aromatic nitrogens is 5. The third-order valence-corrected chi connectivity index (χ3v) is 6.03. The maximum atomic E-state index is 12.9. The highest BCUT2D eigenvalue weighted by Crippen LogP contribution is 2.39. The number of aryl methyl sites for hydroxylation is 1. The highest BCUT2D eigenvalue weighted by atomic mass is 16.3. The van der Waals surface area contributed by atoms with E-state index >= 15 is 0 Å². The highest BCUT2D eigenvalue weighted by Gasteiger charge is 2.25. The van der Waals surface area contributed by atoms with Gasteiger partial charge in [0.2, 0.25) is 0 Å². The van der Waals surface area contributed by atoms with Gasteiger partial charge in [-0.25, -0.2) is 9.97 Å². The van der Waals surface area contributed by atoms with Crippen molar-refractivity contribution in [2.75, 3.05) is 37.9 Å². The molecule has 0 saturated heterocycles. The summed E-state index contributed by atoms with van der Waals surface area (Å²) in [7, 11) is 3.75. The van der Waals surface area contributed by atoms with Gasteiger partial charge in [0.05, 0.1) is 18.5 Å². The van der Waals surface area contributed by atoms with Crippen LogP contribution in [-0.4, -0.2) is 69.7 Å². The van der Waals surface area contributed by atoms with Gasteiger partial charge >= 0.3 is 0 Å². The lowest BCUT2D eigenvalue weighted by atomic mass is 10.0. The number of rotatable bonds is 9. The Morgan fingerprint density at radius 2 is 1.90 bits per heavy atom. The number of benzene rings is 1. The molecule has 11 heteroatoms. The van der Waals surface area contributed by atoms with Gasteiger partial charge < -0.3 is 21.1 Å². The molecule has 0 aliphatic heterocycles. The molecule has 1 aliphatic carbocycles. The Hall–Kier alpha value is -4.61. The number of pyridine rings is 1. The molecular weight excluding hydrogens is 508 g/mol. The zero-order valence-corrected chi connectivity index (χ0v) is 22.7. The summed E-state index contributed by atoms with van der Waals surface area (Å²) in [6.07, 6.45) is 6.13. The summed E-state index contributed by atoms with van der Waals surface area (Å²) in [6.45, 7) is 2.19. The van der Waals surface area contributed by atoms with Gasteiger partial charge in [-0.05, 0) is 81.2 Å². The average molecular weight is 541 g/mol. The van der Waals surface area contributed by atoms with Crippen molar-refractivity contribution in [3.8, 4) is 22.6 Å². The van der Waals surface area contributed by atoms with Crippen molar-refractivity contribution in [1.82, 2.24) is 30.5 Å². The topological polar surface area (TPSA) is 155 Å². The second-order valence-corrected chi connectivity index (χ2v) is 9.33. The fourth-order valence-electron chi connectivity index (χ4n) is 3.94. The number of hydrogen-bond donors (Lipinski definition) is 4. The fraction of sp³-hybridized carbons (Fsp3) is 0.276. The Kier molecular flexibility index (Phi) is 9.55. The molecule has 0 unspecified atom stereocenters. The molecule has 5 rings (SSSR count). The Morgan fingerprint density at radius 3 is 2.62 bits per heavy atom. The molecule has 1 aromatic carbocycles. The van der Waals surface area contributed by atoms with Crippen LogP contribution < -0.4 is 16.0 Å². The summed E-state index contributed by atoms with van der Waals surface area (Å²) in [5, 5.41) is 26.0. The Bertz CT molecular complexity index is 1490. The van der Waals surface area contributed by atoms with E-state index in [-0.39, 0.29) is 23.9 Å². The second-order valence-electron chi connectivity index (χ2n) is 9.33. The Labute approximate surface area is 232 Å². The molecule has 3 aromatic heterocycles. The summed E-state index contributed by atoms with van der Waals surface area (Å²) < 4.78 is 0. The van der Waals surface area contributed by atoms with E-state index < -0.39 is 0 Å². The number of hydrogen-bond acceptors (Lipinski definition) is 10. The molecule has 1 amide bonds. The monoisotopic (exact) mass is 540 g/mol. The van der Waals surface area contributed by atoms with Crippen LogP contribution in [-0.2, 0) is 0 Å². The van der Waals surface area contributed by atoms with Crippen molar-refractivity contribution in [2.24, 2.45) is 0 Å². The first kappa shape index (κ1) is 28.4. The van der Waals surface area contributed by atoms with E-state index in [1.54, 1.807) is 30.5 Å². The minimum Gasteiger partial charge on any atom is -0.395 e. The van der Waals surface area contributed by atoms with Crippen molar-refractivity contribution in [1.29, 1.82) is 0 Å². The van der Waals surface area contributed by atoms with E-state index in [1.165, 1.54) is 6.20 Å². The predicted molar refractivity (Wildman–Crippen MR) is 153 cm³/mol. The first-order chi connectivity index (χ1) is 19.4. The number of aldehydes is 1. The van der Waals surface area contributed by atoms with E-state index in [4.69, 9.17) is 4.98 Å². The molecule has 4 N–H and O–H groups in total. The van der Waals surface area contributed by atoms with Crippen molar-refractivity contribution in [2.45, 2.75) is 25.7 Å². The molecule has 3 heterocycles. The number of amides is 1. The van der Waals surface area contributed by atoms with E-state index in [1.807, 2.05) is 39.2 Å². The highest BCUT2D eigenvalue weighted by molar-refractivity contribution is 6.03.